The molecule has 0 radical (unpaired) electrons. The minimum absolute atomic E-state index is 0.119. The normalized spacial score (nSPS) is 20.1. The van der Waals surface area contributed by atoms with E-state index in [-0.39, 0.29) is 35.7 Å². The van der Waals surface area contributed by atoms with Crippen LogP contribution in [0.2, 0.25) is 0 Å². The summed E-state index contributed by atoms with van der Waals surface area (Å²) in [6.07, 6.45) is -5.05. The van der Waals surface area contributed by atoms with Gasteiger partial charge in [0.05, 0.1) is 16.8 Å². The Morgan fingerprint density at radius 1 is 1.09 bits per heavy atom. The summed E-state index contributed by atoms with van der Waals surface area (Å²) in [6, 6.07) is 12.6. The van der Waals surface area contributed by atoms with E-state index in [0.717, 1.165) is 23.8 Å². The van der Waals surface area contributed by atoms with Crippen molar-refractivity contribution < 1.29 is 41.5 Å². The van der Waals surface area contributed by atoms with Gasteiger partial charge in [-0.15, -0.1) is 0 Å². The minimum Gasteiger partial charge on any atom is -0.443 e. The van der Waals surface area contributed by atoms with Crippen molar-refractivity contribution in [3.63, 3.8) is 0 Å². The van der Waals surface area contributed by atoms with E-state index in [1.165, 1.54) is 12.1 Å². The number of nitrogens with one attached hydrogen (secondary N) is 1. The van der Waals surface area contributed by atoms with E-state index in [0.29, 0.717) is 18.4 Å². The number of para-hydroxylation sites is 1. The summed E-state index contributed by atoms with van der Waals surface area (Å²) in [6.45, 7) is 1.04. The number of hydrogen-bond acceptors (Lipinski definition) is 6. The van der Waals surface area contributed by atoms with E-state index in [4.69, 9.17) is 10.5 Å². The van der Waals surface area contributed by atoms with Gasteiger partial charge >= 0.3 is 12.1 Å². The zero-order valence-electron chi connectivity index (χ0n) is 25.3. The number of amides is 3. The maximum absolute atomic E-state index is 15.6. The summed E-state index contributed by atoms with van der Waals surface area (Å²) in [7, 11) is 0. The SMILES string of the molecule is CC1(C(=O)OCN2C(=O)[C@@H](NC(=O)[C@H](CCCC(F)(F)F)[C@H](CC3CC3)C(N)=O)N=C(c3ccccc3)c3cccc(F)c32)CC1. The molecule has 2 aromatic carbocycles. The number of anilines is 1. The van der Waals surface area contributed by atoms with Crippen LogP contribution in [0.1, 0.15) is 69.4 Å². The number of benzodiazepines with no additional fused rings is 1. The van der Waals surface area contributed by atoms with E-state index < -0.39 is 78.7 Å². The Morgan fingerprint density at radius 3 is 2.39 bits per heavy atom. The van der Waals surface area contributed by atoms with Gasteiger partial charge in [0.1, 0.15) is 5.82 Å². The Hall–Kier alpha value is -4.29. The Kier molecular flexibility index (Phi) is 9.50. The third kappa shape index (κ3) is 7.73. The second-order valence-corrected chi connectivity index (χ2v) is 12.6. The number of halogens is 4. The maximum Gasteiger partial charge on any atom is 0.389 e. The van der Waals surface area contributed by atoms with Gasteiger partial charge in [0.15, 0.2) is 6.73 Å². The van der Waals surface area contributed by atoms with Crippen molar-refractivity contribution in [2.24, 2.45) is 33.9 Å². The molecule has 3 amide bonds. The van der Waals surface area contributed by atoms with E-state index >= 15 is 4.39 Å². The summed E-state index contributed by atoms with van der Waals surface area (Å²) in [5, 5.41) is 2.53. The molecule has 0 unspecified atom stereocenters. The molecule has 46 heavy (non-hydrogen) atoms. The number of aliphatic imine (C=N–C) groups is 1. The Bertz CT molecular complexity index is 1520. The van der Waals surface area contributed by atoms with Crippen molar-refractivity contribution in [2.45, 2.75) is 70.6 Å². The van der Waals surface area contributed by atoms with Crippen LogP contribution in [0.5, 0.6) is 0 Å². The van der Waals surface area contributed by atoms with Crippen LogP contribution in [0.3, 0.4) is 0 Å². The molecule has 9 nitrogen and oxygen atoms in total. The number of carbonyl (C=O) groups is 4. The predicted molar refractivity (Wildman–Crippen MR) is 160 cm³/mol. The molecule has 2 aromatic rings. The maximum atomic E-state index is 15.6. The molecule has 0 aromatic heterocycles. The molecule has 0 saturated heterocycles. The fourth-order valence-corrected chi connectivity index (χ4v) is 5.70. The molecule has 0 spiro atoms. The molecule has 0 bridgehead atoms. The van der Waals surface area contributed by atoms with Crippen LogP contribution < -0.4 is 16.0 Å². The number of nitrogens with zero attached hydrogens (tertiary/aromatic N) is 2. The number of esters is 1. The molecule has 3 aliphatic rings. The lowest BCUT2D eigenvalue weighted by atomic mass is 9.82. The molecule has 2 saturated carbocycles. The lowest BCUT2D eigenvalue weighted by molar-refractivity contribution is -0.150. The Balaban J connectivity index is 1.51. The van der Waals surface area contributed by atoms with E-state index in [1.807, 2.05) is 0 Å². The second-order valence-electron chi connectivity index (χ2n) is 12.6. The van der Waals surface area contributed by atoms with Crippen molar-refractivity contribution >= 4 is 35.1 Å². The molecule has 2 fully saturated rings. The highest BCUT2D eigenvalue weighted by molar-refractivity contribution is 6.20. The van der Waals surface area contributed by atoms with Gasteiger partial charge in [0, 0.05) is 29.4 Å². The van der Waals surface area contributed by atoms with Crippen molar-refractivity contribution in [2.75, 3.05) is 11.6 Å². The fourth-order valence-electron chi connectivity index (χ4n) is 5.70. The highest BCUT2D eigenvalue weighted by atomic mass is 19.4. The zero-order chi connectivity index (χ0) is 33.2. The number of benzene rings is 2. The largest absolute Gasteiger partial charge is 0.443 e. The van der Waals surface area contributed by atoms with Crippen molar-refractivity contribution in [3.8, 4) is 0 Å². The highest BCUT2D eigenvalue weighted by Gasteiger charge is 2.47. The first-order valence-electron chi connectivity index (χ1n) is 15.3. The van der Waals surface area contributed by atoms with E-state index in [9.17, 15) is 32.3 Å². The molecular formula is C33H36F4N4O5. The second kappa shape index (κ2) is 13.2. The number of carbonyl (C=O) groups excluding carboxylic acids is 4. The lowest BCUT2D eigenvalue weighted by Gasteiger charge is -2.28. The number of rotatable bonds is 13. The Morgan fingerprint density at radius 2 is 1.78 bits per heavy atom. The first-order chi connectivity index (χ1) is 21.8. The molecular weight excluding hydrogens is 608 g/mol. The predicted octanol–water partition coefficient (Wildman–Crippen LogP) is 5.00. The average Bonchev–Trinajstić information content (AvgIpc) is 3.94. The smallest absolute Gasteiger partial charge is 0.389 e. The topological polar surface area (TPSA) is 131 Å². The van der Waals surface area contributed by atoms with Crippen LogP contribution in [0, 0.1) is 29.0 Å². The molecule has 5 rings (SSSR count). The summed E-state index contributed by atoms with van der Waals surface area (Å²) in [4.78, 5) is 58.7. The number of primary amides is 1. The lowest BCUT2D eigenvalue weighted by Crippen LogP contribution is -2.51. The van der Waals surface area contributed by atoms with Crippen molar-refractivity contribution in [3.05, 3.63) is 65.5 Å². The third-order valence-corrected chi connectivity index (χ3v) is 8.86. The number of hydrogen-bond donors (Lipinski definition) is 2. The van der Waals surface area contributed by atoms with Gasteiger partial charge in [0.25, 0.3) is 5.91 Å². The van der Waals surface area contributed by atoms with Gasteiger partial charge in [-0.2, -0.15) is 13.2 Å². The van der Waals surface area contributed by atoms with Gasteiger partial charge in [0.2, 0.25) is 18.0 Å². The van der Waals surface area contributed by atoms with Gasteiger partial charge in [-0.05, 0) is 51.0 Å². The first kappa shape index (κ1) is 33.1. The summed E-state index contributed by atoms with van der Waals surface area (Å²) in [5.41, 5.74) is 5.56. The Labute approximate surface area is 263 Å². The van der Waals surface area contributed by atoms with Crippen molar-refractivity contribution in [1.82, 2.24) is 5.32 Å². The number of nitrogens with two attached hydrogens (primary N) is 1. The molecule has 3 N–H and O–H groups in total. The highest BCUT2D eigenvalue weighted by Crippen LogP contribution is 2.46. The molecule has 3 atom stereocenters. The average molecular weight is 645 g/mol. The standard InChI is InChI=1S/C33H36F4N4O5/c1-32(15-16-32)31(45)46-18-41-26-22(9-5-11-24(26)34)25(20-7-3-2-4-8-20)39-28(30(41)44)40-29(43)21(10-6-14-33(35,36)37)23(27(38)42)17-19-12-13-19/h2-5,7-9,11,19,21,23,28H,6,10,12-18H2,1H3,(H2,38,42)(H,40,43)/t21-,23+,28-/m1/s1. The third-order valence-electron chi connectivity index (χ3n) is 8.86. The zero-order valence-corrected chi connectivity index (χ0v) is 25.3. The van der Waals surface area contributed by atoms with Crippen LogP contribution in [0.4, 0.5) is 23.2 Å². The molecule has 1 heterocycles. The van der Waals surface area contributed by atoms with Gasteiger partial charge < -0.3 is 15.8 Å². The van der Waals surface area contributed by atoms with Crippen LogP contribution in [-0.4, -0.2) is 48.5 Å². The van der Waals surface area contributed by atoms with Gasteiger partial charge in [-0.3, -0.25) is 24.1 Å². The van der Waals surface area contributed by atoms with E-state index in [2.05, 4.69) is 10.3 Å². The number of fused-ring (bicyclic) bond motifs is 1. The van der Waals surface area contributed by atoms with Crippen LogP contribution in [0.25, 0.3) is 0 Å². The number of alkyl halides is 3. The molecule has 246 valence electrons. The van der Waals surface area contributed by atoms with Gasteiger partial charge in [-0.25, -0.2) is 9.38 Å². The fraction of sp³-hybridized carbons (Fsp3) is 0.485. The van der Waals surface area contributed by atoms with Crippen LogP contribution >= 0.6 is 0 Å². The van der Waals surface area contributed by atoms with Crippen LogP contribution in [-0.2, 0) is 23.9 Å². The number of ether oxygens (including phenoxy) is 1. The minimum atomic E-state index is -4.48. The van der Waals surface area contributed by atoms with Gasteiger partial charge in [-0.1, -0.05) is 55.3 Å². The van der Waals surface area contributed by atoms with Crippen molar-refractivity contribution in [1.29, 1.82) is 0 Å². The molecule has 1 aliphatic heterocycles. The first-order valence-corrected chi connectivity index (χ1v) is 15.3. The molecule has 13 heteroatoms. The summed E-state index contributed by atoms with van der Waals surface area (Å²) >= 11 is 0. The summed E-state index contributed by atoms with van der Waals surface area (Å²) in [5.74, 6) is -6.23. The monoisotopic (exact) mass is 644 g/mol. The van der Waals surface area contributed by atoms with Crippen LogP contribution in [0.15, 0.2) is 53.5 Å². The molecule has 2 aliphatic carbocycles. The summed E-state index contributed by atoms with van der Waals surface area (Å²) < 4.78 is 60.2. The van der Waals surface area contributed by atoms with E-state index in [1.54, 1.807) is 37.3 Å². The quantitative estimate of drug-likeness (QED) is 0.234.